The van der Waals surface area contributed by atoms with Gasteiger partial charge in [-0.15, -0.1) is 0 Å². The Hall–Kier alpha value is -3.54. The van der Waals surface area contributed by atoms with Crippen molar-refractivity contribution in [2.24, 2.45) is 12.5 Å². The number of likely N-dealkylation sites (N-methyl/N-ethyl adjacent to an activating group) is 1. The smallest absolute Gasteiger partial charge is 0.282 e. The van der Waals surface area contributed by atoms with Crippen LogP contribution in [0.4, 0.5) is 11.4 Å². The van der Waals surface area contributed by atoms with E-state index in [4.69, 9.17) is 0 Å². The zero-order valence-electron chi connectivity index (χ0n) is 27.3. The Labute approximate surface area is 284 Å². The number of carbonyl (C=O) groups is 2. The first-order valence-corrected chi connectivity index (χ1v) is 17.6. The number of amides is 2. The van der Waals surface area contributed by atoms with E-state index in [1.54, 1.807) is 13.2 Å². The quantitative estimate of drug-likeness (QED) is 0.356. The predicted octanol–water partition coefficient (Wildman–Crippen LogP) is 4.07. The van der Waals surface area contributed by atoms with E-state index >= 15 is 0 Å². The highest BCUT2D eigenvalue weighted by Gasteiger charge is 2.45. The largest absolute Gasteiger partial charge is 0.379 e. The monoisotopic (exact) mass is 701 g/mol. The van der Waals surface area contributed by atoms with Gasteiger partial charge in [-0.1, -0.05) is 36.4 Å². The number of nitrogens with zero attached hydrogens (tertiary/aromatic N) is 5. The van der Waals surface area contributed by atoms with Crippen molar-refractivity contribution in [3.05, 3.63) is 86.2 Å². The maximum atomic E-state index is 12.3. The molecule has 0 saturated carbocycles. The van der Waals surface area contributed by atoms with Crippen LogP contribution < -0.4 is 21.1 Å². The molecule has 2 N–H and O–H groups in total. The van der Waals surface area contributed by atoms with E-state index in [0.29, 0.717) is 28.6 Å². The number of likely N-dealkylation sites (tertiary alicyclic amines) is 2. The molecule has 5 heterocycles. The molecule has 47 heavy (non-hydrogen) atoms. The minimum absolute atomic E-state index is 0.138. The van der Waals surface area contributed by atoms with Crippen LogP contribution >= 0.6 is 15.9 Å². The van der Waals surface area contributed by atoms with E-state index in [0.717, 1.165) is 63.5 Å². The van der Waals surface area contributed by atoms with Gasteiger partial charge in [-0.05, 0) is 96.5 Å². The van der Waals surface area contributed by atoms with E-state index in [1.165, 1.54) is 34.3 Å². The summed E-state index contributed by atoms with van der Waals surface area (Å²) < 4.78 is 1.87. The molecule has 2 aromatic carbocycles. The van der Waals surface area contributed by atoms with Crippen molar-refractivity contribution in [3.8, 4) is 0 Å². The lowest BCUT2D eigenvalue weighted by Crippen LogP contribution is -2.60. The fourth-order valence-electron chi connectivity index (χ4n) is 8.03. The number of halogens is 1. The first-order valence-electron chi connectivity index (χ1n) is 16.8. The van der Waals surface area contributed by atoms with Gasteiger partial charge in [0.05, 0.1) is 17.8 Å². The van der Waals surface area contributed by atoms with Crippen LogP contribution in [0, 0.1) is 5.41 Å². The van der Waals surface area contributed by atoms with E-state index in [1.807, 2.05) is 0 Å². The van der Waals surface area contributed by atoms with Crippen molar-refractivity contribution < 1.29 is 9.59 Å². The van der Waals surface area contributed by atoms with Crippen LogP contribution in [0.25, 0.3) is 0 Å². The Morgan fingerprint density at radius 2 is 1.66 bits per heavy atom. The third kappa shape index (κ3) is 6.89. The van der Waals surface area contributed by atoms with Gasteiger partial charge in [0.1, 0.15) is 4.47 Å². The Balaban J connectivity index is 0.883. The van der Waals surface area contributed by atoms with Crippen LogP contribution in [0.15, 0.2) is 64.0 Å². The second-order valence-electron chi connectivity index (χ2n) is 14.3. The minimum atomic E-state index is -0.228. The first kappa shape index (κ1) is 32.0. The van der Waals surface area contributed by atoms with Gasteiger partial charge in [-0.3, -0.25) is 24.6 Å². The van der Waals surface area contributed by atoms with Gasteiger partial charge in [0.2, 0.25) is 11.8 Å². The van der Waals surface area contributed by atoms with Crippen molar-refractivity contribution >= 4 is 39.1 Å². The number of carbonyl (C=O) groups excluding carboxylic acids is 2. The molecule has 3 aromatic rings. The summed E-state index contributed by atoms with van der Waals surface area (Å²) in [7, 11) is 3.82. The molecule has 3 atom stereocenters. The summed E-state index contributed by atoms with van der Waals surface area (Å²) >= 11 is 3.45. The average molecular weight is 703 g/mol. The zero-order chi connectivity index (χ0) is 32.7. The minimum Gasteiger partial charge on any atom is -0.379 e. The highest BCUT2D eigenvalue weighted by atomic mass is 79.9. The molecule has 0 bridgehead atoms. The summed E-state index contributed by atoms with van der Waals surface area (Å²) in [5.74, 6) is -0.155. The van der Waals surface area contributed by atoms with Gasteiger partial charge in [0.15, 0.2) is 0 Å². The van der Waals surface area contributed by atoms with Crippen LogP contribution in [0.1, 0.15) is 60.6 Å². The number of benzene rings is 2. The summed E-state index contributed by atoms with van der Waals surface area (Å²) in [5.41, 5.74) is 5.96. The molecule has 0 radical (unpaired) electrons. The van der Waals surface area contributed by atoms with Crippen molar-refractivity contribution in [2.75, 3.05) is 56.5 Å². The number of aromatic nitrogens is 2. The van der Waals surface area contributed by atoms with Gasteiger partial charge in [-0.25, -0.2) is 4.68 Å². The number of aryl methyl sites for hydroxylation is 1. The molecule has 1 unspecified atom stereocenters. The fourth-order valence-corrected chi connectivity index (χ4v) is 8.50. The second-order valence-corrected chi connectivity index (χ2v) is 15.1. The second kappa shape index (κ2) is 13.2. The van der Waals surface area contributed by atoms with Crippen LogP contribution in [0.2, 0.25) is 0 Å². The molecule has 4 fully saturated rings. The molecule has 4 aliphatic heterocycles. The maximum absolute atomic E-state index is 12.3. The molecule has 0 aliphatic carbocycles. The van der Waals surface area contributed by atoms with E-state index in [2.05, 4.69) is 102 Å². The van der Waals surface area contributed by atoms with Crippen molar-refractivity contribution in [1.29, 1.82) is 0 Å². The maximum Gasteiger partial charge on any atom is 0.282 e. The lowest BCUT2D eigenvalue weighted by atomic mass is 9.71. The number of hydrogen-bond acceptors (Lipinski definition) is 8. The van der Waals surface area contributed by atoms with E-state index in [-0.39, 0.29) is 29.3 Å². The third-order valence-corrected chi connectivity index (χ3v) is 11.6. The highest BCUT2D eigenvalue weighted by molar-refractivity contribution is 9.10. The number of piperidine rings is 3. The number of rotatable bonds is 7. The van der Waals surface area contributed by atoms with Gasteiger partial charge >= 0.3 is 0 Å². The summed E-state index contributed by atoms with van der Waals surface area (Å²) in [6, 6.07) is 17.8. The summed E-state index contributed by atoms with van der Waals surface area (Å²) in [6.07, 6.45) is 6.16. The normalized spacial score (nSPS) is 25.0. The molecule has 2 amide bonds. The van der Waals surface area contributed by atoms with Crippen LogP contribution in [0.3, 0.4) is 0 Å². The molecular formula is C36H44BrN7O3. The molecule has 10 nitrogen and oxygen atoms in total. The lowest BCUT2D eigenvalue weighted by molar-refractivity contribution is -0.134. The SMILES string of the molecule is CN1C[C@H](Nc2cnn(C)c(=O)c2Br)C[C@H](c2ccc(CN3CCC4(CC3)CN(c3ccc(C5CCC(=O)NC5=O)cc3)C4)cc2)C1. The molecule has 248 valence electrons. The average Bonchev–Trinajstić information content (AvgIpc) is 3.05. The molecule has 1 aromatic heterocycles. The number of nitrogens with one attached hydrogen (secondary N) is 2. The van der Waals surface area contributed by atoms with Crippen LogP contribution in [0.5, 0.6) is 0 Å². The van der Waals surface area contributed by atoms with Gasteiger partial charge in [-0.2, -0.15) is 5.10 Å². The Kier molecular flexibility index (Phi) is 8.97. The van der Waals surface area contributed by atoms with E-state index in [9.17, 15) is 14.4 Å². The van der Waals surface area contributed by atoms with Gasteiger partial charge < -0.3 is 15.1 Å². The lowest BCUT2D eigenvalue weighted by Gasteiger charge is -2.55. The Bertz CT molecular complexity index is 1680. The van der Waals surface area contributed by atoms with Gasteiger partial charge in [0, 0.05) is 63.3 Å². The van der Waals surface area contributed by atoms with Crippen molar-refractivity contribution in [2.45, 2.75) is 56.5 Å². The molecule has 1 spiro atoms. The molecule has 4 saturated heterocycles. The molecule has 11 heteroatoms. The predicted molar refractivity (Wildman–Crippen MR) is 187 cm³/mol. The Morgan fingerprint density at radius 3 is 2.36 bits per heavy atom. The van der Waals surface area contributed by atoms with Gasteiger partial charge in [0.25, 0.3) is 5.56 Å². The summed E-state index contributed by atoms with van der Waals surface area (Å²) in [4.78, 5) is 43.5. The standard InChI is InChI=1S/C36H44BrN7O3/c1-41-20-27(17-28(21-41)39-31-18-38-42(2)35(47)33(31)37)25-5-3-24(4-6-25)19-43-15-13-36(14-16-43)22-44(23-36)29-9-7-26(8-10-29)30-11-12-32(45)40-34(30)46/h3-10,18,27-28,30,39H,11-17,19-23H2,1-2H3,(H,40,45,46)/t27-,28+,30?/m0/s1. The number of imide groups is 1. The number of hydrogen-bond donors (Lipinski definition) is 2. The number of anilines is 2. The van der Waals surface area contributed by atoms with Crippen LogP contribution in [-0.4, -0.2) is 83.8 Å². The topological polar surface area (TPSA) is 103 Å². The first-order chi connectivity index (χ1) is 22.6. The van der Waals surface area contributed by atoms with Crippen molar-refractivity contribution in [3.63, 3.8) is 0 Å². The highest BCUT2D eigenvalue weighted by Crippen LogP contribution is 2.43. The van der Waals surface area contributed by atoms with Crippen LogP contribution in [-0.2, 0) is 23.2 Å². The summed E-state index contributed by atoms with van der Waals surface area (Å²) in [5, 5.41) is 10.2. The van der Waals surface area contributed by atoms with Crippen molar-refractivity contribution in [1.82, 2.24) is 24.9 Å². The zero-order valence-corrected chi connectivity index (χ0v) is 28.8. The molecular weight excluding hydrogens is 658 g/mol. The molecule has 4 aliphatic rings. The fraction of sp³-hybridized carbons (Fsp3) is 0.500. The third-order valence-electron chi connectivity index (χ3n) is 10.8. The Morgan fingerprint density at radius 1 is 0.957 bits per heavy atom. The van der Waals surface area contributed by atoms with E-state index < -0.39 is 0 Å². The summed E-state index contributed by atoms with van der Waals surface area (Å²) in [6.45, 7) is 7.35. The molecule has 7 rings (SSSR count).